The first kappa shape index (κ1) is 23.3. The molecule has 1 unspecified atom stereocenters. The quantitative estimate of drug-likeness (QED) is 0.608. The second-order valence-electron chi connectivity index (χ2n) is 4.31. The number of benzene rings is 1. The number of aliphatic hydroxyl groups excluding tert-OH is 1. The van der Waals surface area contributed by atoms with E-state index in [4.69, 9.17) is 33.0 Å². The fourth-order valence-corrected chi connectivity index (χ4v) is 2.30. The van der Waals surface area contributed by atoms with Crippen molar-refractivity contribution < 1.29 is 9.84 Å². The zero-order chi connectivity index (χ0) is 14.3. The standard InChI is InChI=1S/C13H20Cl2N2O2.2ClH/c1-9(18)7-16-3-4-17-8-10-5-11(14)6-12(15)13(10)19-2;;/h5-6,9,16-18H,3-4,7-8H2,1-2H3;2*1H. The van der Waals surface area contributed by atoms with Crippen molar-refractivity contribution in [1.82, 2.24) is 10.6 Å². The Kier molecular flexibility index (Phi) is 14.0. The lowest BCUT2D eigenvalue weighted by molar-refractivity contribution is 0.191. The summed E-state index contributed by atoms with van der Waals surface area (Å²) in [5.74, 6) is 0.649. The van der Waals surface area contributed by atoms with E-state index in [1.807, 2.05) is 6.07 Å². The van der Waals surface area contributed by atoms with Crippen LogP contribution in [0.25, 0.3) is 0 Å². The number of hydrogen-bond acceptors (Lipinski definition) is 4. The van der Waals surface area contributed by atoms with Crippen LogP contribution in [-0.2, 0) is 6.54 Å². The first-order valence-electron chi connectivity index (χ1n) is 6.16. The normalized spacial score (nSPS) is 11.3. The molecule has 0 aliphatic heterocycles. The second-order valence-corrected chi connectivity index (χ2v) is 5.15. The largest absolute Gasteiger partial charge is 0.495 e. The van der Waals surface area contributed by atoms with Gasteiger partial charge in [-0.3, -0.25) is 0 Å². The average Bonchev–Trinajstić information content (AvgIpc) is 2.32. The first-order chi connectivity index (χ1) is 9.04. The van der Waals surface area contributed by atoms with Crippen LogP contribution in [0.5, 0.6) is 5.75 Å². The molecule has 1 aromatic rings. The summed E-state index contributed by atoms with van der Waals surface area (Å²) >= 11 is 12.0. The van der Waals surface area contributed by atoms with Crippen LogP contribution in [0.4, 0.5) is 0 Å². The molecule has 0 amide bonds. The lowest BCUT2D eigenvalue weighted by atomic mass is 10.2. The van der Waals surface area contributed by atoms with Crippen LogP contribution in [0.15, 0.2) is 12.1 Å². The van der Waals surface area contributed by atoms with Crippen LogP contribution in [-0.4, -0.2) is 38.0 Å². The van der Waals surface area contributed by atoms with E-state index in [0.717, 1.165) is 18.7 Å². The number of nitrogens with one attached hydrogen (secondary N) is 2. The summed E-state index contributed by atoms with van der Waals surface area (Å²) in [5.41, 5.74) is 0.926. The molecular weight excluding hydrogens is 358 g/mol. The van der Waals surface area contributed by atoms with Gasteiger partial charge >= 0.3 is 0 Å². The minimum atomic E-state index is -0.327. The maximum atomic E-state index is 9.09. The van der Waals surface area contributed by atoms with Crippen molar-refractivity contribution in [3.8, 4) is 5.75 Å². The number of aliphatic hydroxyl groups is 1. The molecule has 21 heavy (non-hydrogen) atoms. The van der Waals surface area contributed by atoms with Gasteiger partial charge in [-0.1, -0.05) is 23.2 Å². The maximum absolute atomic E-state index is 9.09. The molecule has 0 spiro atoms. The Hall–Kier alpha value is 0.0600. The minimum Gasteiger partial charge on any atom is -0.495 e. The number of halogens is 4. The van der Waals surface area contributed by atoms with E-state index in [1.165, 1.54) is 0 Å². The molecule has 0 aromatic heterocycles. The minimum absolute atomic E-state index is 0. The predicted molar refractivity (Wildman–Crippen MR) is 93.8 cm³/mol. The summed E-state index contributed by atoms with van der Waals surface area (Å²) in [6.45, 7) is 4.52. The van der Waals surface area contributed by atoms with E-state index in [9.17, 15) is 0 Å². The zero-order valence-electron chi connectivity index (χ0n) is 12.0. The SMILES string of the molecule is COc1c(Cl)cc(Cl)cc1CNCCNCC(C)O.Cl.Cl. The van der Waals surface area contributed by atoms with Crippen molar-refractivity contribution in [2.45, 2.75) is 19.6 Å². The Morgan fingerprint density at radius 1 is 1.19 bits per heavy atom. The summed E-state index contributed by atoms with van der Waals surface area (Å²) in [6, 6.07) is 3.50. The Labute approximate surface area is 148 Å². The van der Waals surface area contributed by atoms with Gasteiger partial charge in [-0.2, -0.15) is 0 Å². The number of methoxy groups -OCH3 is 1. The lowest BCUT2D eigenvalue weighted by Crippen LogP contribution is -2.31. The highest BCUT2D eigenvalue weighted by Gasteiger charge is 2.09. The van der Waals surface area contributed by atoms with Crippen LogP contribution in [0, 0.1) is 0 Å². The second kappa shape index (κ2) is 12.6. The Balaban J connectivity index is 0. The fourth-order valence-electron chi connectivity index (χ4n) is 1.68. The van der Waals surface area contributed by atoms with Gasteiger partial charge in [0.1, 0.15) is 5.75 Å². The summed E-state index contributed by atoms with van der Waals surface area (Å²) in [5, 5.41) is 16.6. The third-order valence-electron chi connectivity index (χ3n) is 2.52. The summed E-state index contributed by atoms with van der Waals surface area (Å²) in [7, 11) is 1.59. The van der Waals surface area contributed by atoms with Crippen molar-refractivity contribution in [3.05, 3.63) is 27.7 Å². The number of ether oxygens (including phenoxy) is 1. The van der Waals surface area contributed by atoms with Crippen LogP contribution < -0.4 is 15.4 Å². The monoisotopic (exact) mass is 378 g/mol. The van der Waals surface area contributed by atoms with Crippen LogP contribution in [0.2, 0.25) is 10.0 Å². The van der Waals surface area contributed by atoms with Crippen molar-refractivity contribution in [2.24, 2.45) is 0 Å². The van der Waals surface area contributed by atoms with Crippen molar-refractivity contribution in [3.63, 3.8) is 0 Å². The molecule has 0 bridgehead atoms. The van der Waals surface area contributed by atoms with Gasteiger partial charge in [0.25, 0.3) is 0 Å². The summed E-state index contributed by atoms with van der Waals surface area (Å²) < 4.78 is 5.26. The van der Waals surface area contributed by atoms with Crippen LogP contribution in [0.1, 0.15) is 12.5 Å². The molecule has 0 aliphatic rings. The van der Waals surface area contributed by atoms with E-state index in [0.29, 0.717) is 28.9 Å². The van der Waals surface area contributed by atoms with Gasteiger partial charge in [-0.05, 0) is 19.1 Å². The van der Waals surface area contributed by atoms with Gasteiger partial charge in [0.15, 0.2) is 0 Å². The average molecular weight is 380 g/mol. The predicted octanol–water partition coefficient (Wildman–Crippen LogP) is 2.91. The Bertz CT molecular complexity index is 406. The van der Waals surface area contributed by atoms with Crippen molar-refractivity contribution in [1.29, 1.82) is 0 Å². The molecule has 3 N–H and O–H groups in total. The van der Waals surface area contributed by atoms with Gasteiger partial charge in [0, 0.05) is 36.8 Å². The van der Waals surface area contributed by atoms with Gasteiger partial charge in [0.05, 0.1) is 18.2 Å². The third kappa shape index (κ3) is 8.94. The van der Waals surface area contributed by atoms with E-state index in [-0.39, 0.29) is 30.9 Å². The van der Waals surface area contributed by atoms with E-state index in [2.05, 4.69) is 10.6 Å². The van der Waals surface area contributed by atoms with Crippen molar-refractivity contribution in [2.75, 3.05) is 26.7 Å². The molecule has 0 heterocycles. The molecule has 0 aliphatic carbocycles. The van der Waals surface area contributed by atoms with E-state index in [1.54, 1.807) is 20.1 Å². The first-order valence-corrected chi connectivity index (χ1v) is 6.91. The summed E-state index contributed by atoms with van der Waals surface area (Å²) in [4.78, 5) is 0. The van der Waals surface area contributed by atoms with Gasteiger partial charge in [0.2, 0.25) is 0 Å². The van der Waals surface area contributed by atoms with Gasteiger partial charge in [-0.25, -0.2) is 0 Å². The molecule has 124 valence electrons. The van der Waals surface area contributed by atoms with Gasteiger partial charge in [-0.15, -0.1) is 24.8 Å². The zero-order valence-corrected chi connectivity index (χ0v) is 15.1. The van der Waals surface area contributed by atoms with Crippen LogP contribution in [0.3, 0.4) is 0 Å². The lowest BCUT2D eigenvalue weighted by Gasteiger charge is -2.12. The van der Waals surface area contributed by atoms with Crippen molar-refractivity contribution >= 4 is 48.0 Å². The molecular formula is C13H22Cl4N2O2. The highest BCUT2D eigenvalue weighted by atomic mass is 35.5. The molecule has 1 atom stereocenters. The highest BCUT2D eigenvalue weighted by molar-refractivity contribution is 6.35. The molecule has 1 rings (SSSR count). The van der Waals surface area contributed by atoms with E-state index >= 15 is 0 Å². The summed E-state index contributed by atoms with van der Waals surface area (Å²) in [6.07, 6.45) is -0.327. The Morgan fingerprint density at radius 2 is 1.81 bits per heavy atom. The van der Waals surface area contributed by atoms with Gasteiger partial charge < -0.3 is 20.5 Å². The molecule has 4 nitrogen and oxygen atoms in total. The molecule has 1 aromatic carbocycles. The maximum Gasteiger partial charge on any atom is 0.142 e. The number of rotatable bonds is 8. The third-order valence-corrected chi connectivity index (χ3v) is 3.02. The molecule has 0 saturated carbocycles. The molecule has 0 radical (unpaired) electrons. The van der Waals surface area contributed by atoms with E-state index < -0.39 is 0 Å². The topological polar surface area (TPSA) is 53.5 Å². The molecule has 0 fully saturated rings. The molecule has 8 heteroatoms. The Morgan fingerprint density at radius 3 is 2.38 bits per heavy atom. The van der Waals surface area contributed by atoms with Crippen LogP contribution >= 0.6 is 48.0 Å². The highest BCUT2D eigenvalue weighted by Crippen LogP contribution is 2.31. The molecule has 0 saturated heterocycles. The number of hydrogen-bond donors (Lipinski definition) is 3. The smallest absolute Gasteiger partial charge is 0.142 e. The fraction of sp³-hybridized carbons (Fsp3) is 0.538.